The molecule has 1 unspecified atom stereocenters. The van der Waals surface area contributed by atoms with Crippen molar-refractivity contribution in [3.8, 4) is 0 Å². The zero-order chi connectivity index (χ0) is 18.2. The Morgan fingerprint density at radius 2 is 2.16 bits per heavy atom. The fraction of sp³-hybridized carbons (Fsp3) is 0.158. The molecule has 1 atom stereocenters. The number of benzene rings is 1. The highest BCUT2D eigenvalue weighted by molar-refractivity contribution is 7.81. The molecular weight excluding hydrogens is 332 g/mol. The molecule has 0 fully saturated rings. The van der Waals surface area contributed by atoms with Gasteiger partial charge in [-0.15, -0.1) is 0 Å². The minimum absolute atomic E-state index is 0.313. The fourth-order valence-corrected chi connectivity index (χ4v) is 2.82. The van der Waals surface area contributed by atoms with Gasteiger partial charge in [-0.05, 0) is 29.7 Å². The molecular formula is C19H22N4OS. The molecule has 0 saturated heterocycles. The van der Waals surface area contributed by atoms with Gasteiger partial charge in [0.25, 0.3) is 0 Å². The third-order valence-electron chi connectivity index (χ3n) is 3.54. The number of hydrogen-bond donors (Lipinski definition) is 2. The number of anilines is 2. The van der Waals surface area contributed by atoms with E-state index in [0.29, 0.717) is 11.6 Å². The summed E-state index contributed by atoms with van der Waals surface area (Å²) >= 11 is 0. The average molecular weight is 354 g/mol. The average Bonchev–Trinajstić information content (AvgIpc) is 2.59. The number of nitrogens with zero attached hydrogens (tertiary/aromatic N) is 2. The number of rotatable bonds is 8. The molecule has 0 bridgehead atoms. The minimum Gasteiger partial charge on any atom is -0.340 e. The van der Waals surface area contributed by atoms with Crippen LogP contribution in [0.5, 0.6) is 0 Å². The van der Waals surface area contributed by atoms with E-state index in [4.69, 9.17) is 5.14 Å². The lowest BCUT2D eigenvalue weighted by molar-refractivity contribution is 0.684. The van der Waals surface area contributed by atoms with E-state index in [1.807, 2.05) is 43.3 Å². The standard InChI is InChI=1S/C19H22N4OS/c1-4-7-17(14(3)5-2)18-11-19(22-13-21-18)23-16-9-6-8-15(10-16)12-25(20)24/h4,6-11,13H,1,3,5,12,20H2,2H3,(H,21,22,23)/b17-7+. The first-order valence-corrected chi connectivity index (χ1v) is 9.23. The molecule has 0 spiro atoms. The summed E-state index contributed by atoms with van der Waals surface area (Å²) in [6.07, 6.45) is 5.96. The summed E-state index contributed by atoms with van der Waals surface area (Å²) in [6.45, 7) is 9.89. The van der Waals surface area contributed by atoms with Gasteiger partial charge in [0, 0.05) is 17.3 Å². The van der Waals surface area contributed by atoms with Gasteiger partial charge in [0.2, 0.25) is 0 Å². The van der Waals surface area contributed by atoms with Crippen molar-refractivity contribution in [2.75, 3.05) is 5.32 Å². The van der Waals surface area contributed by atoms with E-state index in [9.17, 15) is 4.21 Å². The number of nitrogens with two attached hydrogens (primary N) is 1. The molecule has 2 aromatic rings. The van der Waals surface area contributed by atoms with Crippen molar-refractivity contribution in [1.29, 1.82) is 0 Å². The molecule has 3 N–H and O–H groups in total. The summed E-state index contributed by atoms with van der Waals surface area (Å²) in [5, 5.41) is 8.60. The predicted molar refractivity (Wildman–Crippen MR) is 105 cm³/mol. The van der Waals surface area contributed by atoms with Crippen molar-refractivity contribution < 1.29 is 4.21 Å². The van der Waals surface area contributed by atoms with E-state index in [-0.39, 0.29) is 0 Å². The number of nitrogens with one attached hydrogen (secondary N) is 1. The van der Waals surface area contributed by atoms with Crippen LogP contribution in [-0.2, 0) is 16.7 Å². The second-order valence-electron chi connectivity index (χ2n) is 5.41. The SMILES string of the molecule is C=C/C=C(\C(=C)CC)c1cc(Nc2cccc(CS(N)=O)c2)ncn1. The first kappa shape index (κ1) is 18.8. The van der Waals surface area contributed by atoms with E-state index in [0.717, 1.165) is 34.5 Å². The maximum atomic E-state index is 11.2. The van der Waals surface area contributed by atoms with E-state index in [2.05, 4.69) is 28.4 Å². The molecule has 0 amide bonds. The van der Waals surface area contributed by atoms with Gasteiger partial charge in [0.05, 0.1) is 22.4 Å². The third kappa shape index (κ3) is 5.48. The monoisotopic (exact) mass is 354 g/mol. The summed E-state index contributed by atoms with van der Waals surface area (Å²) in [6, 6.07) is 9.45. The van der Waals surface area contributed by atoms with Crippen LogP contribution in [0.15, 0.2) is 67.5 Å². The van der Waals surface area contributed by atoms with Gasteiger partial charge in [0.1, 0.15) is 12.1 Å². The Morgan fingerprint density at radius 1 is 1.36 bits per heavy atom. The lowest BCUT2D eigenvalue weighted by Crippen LogP contribution is -2.05. The van der Waals surface area contributed by atoms with E-state index >= 15 is 0 Å². The van der Waals surface area contributed by atoms with Gasteiger partial charge in [-0.1, -0.05) is 44.4 Å². The summed E-state index contributed by atoms with van der Waals surface area (Å²) in [4.78, 5) is 8.60. The summed E-state index contributed by atoms with van der Waals surface area (Å²) in [7, 11) is -1.37. The van der Waals surface area contributed by atoms with E-state index < -0.39 is 11.0 Å². The second kappa shape index (κ2) is 9.05. The largest absolute Gasteiger partial charge is 0.340 e. The first-order chi connectivity index (χ1) is 12.0. The maximum absolute atomic E-state index is 11.2. The molecule has 0 saturated carbocycles. The number of aromatic nitrogens is 2. The van der Waals surface area contributed by atoms with Crippen LogP contribution < -0.4 is 10.5 Å². The van der Waals surface area contributed by atoms with Crippen LogP contribution in [0.1, 0.15) is 24.6 Å². The van der Waals surface area contributed by atoms with Crippen LogP contribution in [0.2, 0.25) is 0 Å². The molecule has 6 heteroatoms. The predicted octanol–water partition coefficient (Wildman–Crippen LogP) is 3.88. The van der Waals surface area contributed by atoms with Crippen LogP contribution in [-0.4, -0.2) is 14.2 Å². The Bertz CT molecular complexity index is 830. The van der Waals surface area contributed by atoms with Crippen LogP contribution in [0.25, 0.3) is 5.57 Å². The molecule has 5 nitrogen and oxygen atoms in total. The minimum atomic E-state index is -1.37. The van der Waals surface area contributed by atoms with Crippen LogP contribution in [0.3, 0.4) is 0 Å². The second-order valence-corrected chi connectivity index (χ2v) is 6.46. The highest BCUT2D eigenvalue weighted by Gasteiger charge is 2.08. The van der Waals surface area contributed by atoms with Crippen molar-refractivity contribution in [2.45, 2.75) is 19.1 Å². The van der Waals surface area contributed by atoms with Gasteiger partial charge < -0.3 is 5.32 Å². The fourth-order valence-electron chi connectivity index (χ4n) is 2.32. The molecule has 2 rings (SSSR count). The van der Waals surface area contributed by atoms with Crippen molar-refractivity contribution in [3.63, 3.8) is 0 Å². The van der Waals surface area contributed by atoms with Crippen LogP contribution >= 0.6 is 0 Å². The van der Waals surface area contributed by atoms with Gasteiger partial charge >= 0.3 is 0 Å². The topological polar surface area (TPSA) is 80.9 Å². The number of hydrogen-bond acceptors (Lipinski definition) is 4. The molecule has 0 radical (unpaired) electrons. The van der Waals surface area contributed by atoms with E-state index in [1.54, 1.807) is 6.08 Å². The Kier molecular flexibility index (Phi) is 6.80. The first-order valence-electron chi connectivity index (χ1n) is 7.85. The number of allylic oxidation sites excluding steroid dienone is 4. The van der Waals surface area contributed by atoms with Gasteiger partial charge in [-0.3, -0.25) is 5.14 Å². The lowest BCUT2D eigenvalue weighted by Gasteiger charge is -2.11. The normalized spacial score (nSPS) is 12.5. The summed E-state index contributed by atoms with van der Waals surface area (Å²) in [5.41, 5.74) is 4.44. The third-order valence-corrected chi connectivity index (χ3v) is 4.16. The molecule has 1 heterocycles. The summed E-state index contributed by atoms with van der Waals surface area (Å²) < 4.78 is 11.2. The zero-order valence-corrected chi connectivity index (χ0v) is 15.1. The van der Waals surface area contributed by atoms with Crippen molar-refractivity contribution in [2.24, 2.45) is 5.14 Å². The highest BCUT2D eigenvalue weighted by Crippen LogP contribution is 2.25. The van der Waals surface area contributed by atoms with Gasteiger partial charge in [-0.2, -0.15) is 0 Å². The van der Waals surface area contributed by atoms with Gasteiger partial charge in [0.15, 0.2) is 0 Å². The van der Waals surface area contributed by atoms with E-state index in [1.165, 1.54) is 6.33 Å². The molecule has 1 aromatic carbocycles. The van der Waals surface area contributed by atoms with Gasteiger partial charge in [-0.25, -0.2) is 14.2 Å². The molecule has 1 aromatic heterocycles. The Labute approximate surface area is 151 Å². The van der Waals surface area contributed by atoms with Crippen molar-refractivity contribution in [1.82, 2.24) is 9.97 Å². The maximum Gasteiger partial charge on any atom is 0.134 e. The molecule has 0 aliphatic carbocycles. The Hall–Kier alpha value is -2.57. The zero-order valence-electron chi connectivity index (χ0n) is 14.2. The lowest BCUT2D eigenvalue weighted by atomic mass is 10.0. The molecule has 130 valence electrons. The summed E-state index contributed by atoms with van der Waals surface area (Å²) in [5.74, 6) is 0.975. The Balaban J connectivity index is 2.27. The molecule has 25 heavy (non-hydrogen) atoms. The van der Waals surface area contributed by atoms with Crippen molar-refractivity contribution >= 4 is 28.1 Å². The molecule has 0 aliphatic heterocycles. The smallest absolute Gasteiger partial charge is 0.134 e. The van der Waals surface area contributed by atoms with Crippen LogP contribution in [0, 0.1) is 0 Å². The van der Waals surface area contributed by atoms with Crippen LogP contribution in [0.4, 0.5) is 11.5 Å². The quantitative estimate of drug-likeness (QED) is 0.705. The highest BCUT2D eigenvalue weighted by atomic mass is 32.2. The Morgan fingerprint density at radius 3 is 2.84 bits per heavy atom. The molecule has 0 aliphatic rings. The van der Waals surface area contributed by atoms with Crippen molar-refractivity contribution in [3.05, 3.63) is 78.8 Å².